The largest absolute Gasteiger partial charge is 0.332 e. The summed E-state index contributed by atoms with van der Waals surface area (Å²) in [6.07, 6.45) is 3.53. The van der Waals surface area contributed by atoms with Gasteiger partial charge in [0.15, 0.2) is 5.13 Å². The van der Waals surface area contributed by atoms with Crippen LogP contribution in [0.1, 0.15) is 46.7 Å². The molecule has 0 saturated carbocycles. The Morgan fingerprint density at radius 2 is 1.97 bits per heavy atom. The summed E-state index contributed by atoms with van der Waals surface area (Å²) < 4.78 is 13.8. The van der Waals surface area contributed by atoms with E-state index in [-0.39, 0.29) is 18.0 Å². The number of anilines is 2. The maximum Gasteiger partial charge on any atom is 0.255 e. The number of carbonyl (C=O) groups excluding carboxylic acids is 1. The standard InChI is InChI=1S/C21H22FN5OS2/c1-11-19(30-12(2)24-11)17-10-29-21(25-17)26-18-6-3-13(9-23-18)20(28)27-15-4-5-16(27)8-14(22)7-15/h3,6,9-10,14-16H,4-5,7-8H2,1-2H3,(H,23,25,26)/t14?,15-,16+. The summed E-state index contributed by atoms with van der Waals surface area (Å²) in [5.41, 5.74) is 2.44. The molecule has 3 aromatic heterocycles. The van der Waals surface area contributed by atoms with Crippen molar-refractivity contribution in [1.82, 2.24) is 19.9 Å². The van der Waals surface area contributed by atoms with Crippen molar-refractivity contribution in [3.8, 4) is 10.6 Å². The monoisotopic (exact) mass is 443 g/mol. The van der Waals surface area contributed by atoms with Gasteiger partial charge in [0.05, 0.1) is 26.8 Å². The van der Waals surface area contributed by atoms with E-state index in [1.165, 1.54) is 11.3 Å². The molecule has 2 bridgehead atoms. The molecule has 1 unspecified atom stereocenters. The molecular formula is C21H22FN5OS2. The number of piperidine rings is 1. The number of aromatic nitrogens is 3. The Bertz CT molecular complexity index is 1070. The lowest BCUT2D eigenvalue weighted by molar-refractivity contribution is 0.0478. The minimum atomic E-state index is -0.780. The van der Waals surface area contributed by atoms with Gasteiger partial charge >= 0.3 is 0 Å². The van der Waals surface area contributed by atoms with Gasteiger partial charge < -0.3 is 10.2 Å². The minimum Gasteiger partial charge on any atom is -0.332 e. The maximum atomic E-state index is 13.8. The number of thiazole rings is 2. The second-order valence-corrected chi connectivity index (χ2v) is 9.97. The van der Waals surface area contributed by atoms with Gasteiger partial charge in [0, 0.05) is 23.7 Å². The highest BCUT2D eigenvalue weighted by atomic mass is 32.1. The van der Waals surface area contributed by atoms with Crippen molar-refractivity contribution in [3.63, 3.8) is 0 Å². The number of aryl methyl sites for hydroxylation is 2. The Morgan fingerprint density at radius 1 is 1.20 bits per heavy atom. The third-order valence-electron chi connectivity index (χ3n) is 5.80. The molecule has 2 aliphatic rings. The van der Waals surface area contributed by atoms with Crippen LogP contribution in [0.5, 0.6) is 0 Å². The second kappa shape index (κ2) is 7.70. The van der Waals surface area contributed by atoms with Gasteiger partial charge in [-0.3, -0.25) is 4.79 Å². The number of nitrogens with one attached hydrogen (secondary N) is 1. The van der Waals surface area contributed by atoms with Gasteiger partial charge in [-0.15, -0.1) is 22.7 Å². The fraction of sp³-hybridized carbons (Fsp3) is 0.429. The summed E-state index contributed by atoms with van der Waals surface area (Å²) in [6.45, 7) is 3.98. The van der Waals surface area contributed by atoms with Gasteiger partial charge in [-0.2, -0.15) is 0 Å². The lowest BCUT2D eigenvalue weighted by Gasteiger charge is -2.36. The minimum absolute atomic E-state index is 0.0247. The summed E-state index contributed by atoms with van der Waals surface area (Å²) in [7, 11) is 0. The number of hydrogen-bond acceptors (Lipinski definition) is 7. The molecule has 2 aliphatic heterocycles. The molecule has 3 atom stereocenters. The van der Waals surface area contributed by atoms with E-state index in [9.17, 15) is 9.18 Å². The first-order valence-electron chi connectivity index (χ1n) is 10.1. The first-order valence-corrected chi connectivity index (χ1v) is 11.8. The number of amides is 1. The smallest absolute Gasteiger partial charge is 0.255 e. The first kappa shape index (κ1) is 19.6. The first-order chi connectivity index (χ1) is 14.5. The zero-order valence-corrected chi connectivity index (χ0v) is 18.4. The van der Waals surface area contributed by atoms with Crippen LogP contribution in [0.4, 0.5) is 15.3 Å². The zero-order valence-electron chi connectivity index (χ0n) is 16.8. The number of nitrogens with zero attached hydrogens (tertiary/aromatic N) is 4. The van der Waals surface area contributed by atoms with Crippen LogP contribution in [0.15, 0.2) is 23.7 Å². The molecule has 0 spiro atoms. The molecule has 156 valence electrons. The van der Waals surface area contributed by atoms with Crippen molar-refractivity contribution in [2.24, 2.45) is 0 Å². The second-order valence-electron chi connectivity index (χ2n) is 7.91. The molecule has 5 heterocycles. The average Bonchev–Trinajstić information content (AvgIpc) is 3.38. The van der Waals surface area contributed by atoms with Gasteiger partial charge in [0.25, 0.3) is 5.91 Å². The summed E-state index contributed by atoms with van der Waals surface area (Å²) in [5, 5.41) is 6.98. The highest BCUT2D eigenvalue weighted by molar-refractivity contribution is 7.16. The molecule has 1 N–H and O–H groups in total. The van der Waals surface area contributed by atoms with Gasteiger partial charge in [-0.25, -0.2) is 19.3 Å². The topological polar surface area (TPSA) is 71.0 Å². The van der Waals surface area contributed by atoms with Crippen LogP contribution < -0.4 is 5.32 Å². The predicted octanol–water partition coefficient (Wildman–Crippen LogP) is 5.13. The molecule has 0 radical (unpaired) electrons. The van der Waals surface area contributed by atoms with Crippen LogP contribution in [0, 0.1) is 13.8 Å². The Kier molecular flexibility index (Phi) is 5.02. The van der Waals surface area contributed by atoms with Crippen LogP contribution in [-0.4, -0.2) is 44.0 Å². The van der Waals surface area contributed by atoms with Crippen LogP contribution in [0.25, 0.3) is 10.6 Å². The molecular weight excluding hydrogens is 421 g/mol. The van der Waals surface area contributed by atoms with Crippen molar-refractivity contribution < 1.29 is 9.18 Å². The van der Waals surface area contributed by atoms with Crippen LogP contribution >= 0.6 is 22.7 Å². The molecule has 0 aliphatic carbocycles. The normalized spacial score (nSPS) is 23.0. The van der Waals surface area contributed by atoms with E-state index in [1.807, 2.05) is 24.1 Å². The van der Waals surface area contributed by atoms with Gasteiger partial charge in [-0.05, 0) is 51.7 Å². The maximum absolute atomic E-state index is 13.8. The van der Waals surface area contributed by atoms with E-state index in [2.05, 4.69) is 20.3 Å². The van der Waals surface area contributed by atoms with Crippen molar-refractivity contribution in [3.05, 3.63) is 40.0 Å². The van der Waals surface area contributed by atoms with E-state index < -0.39 is 6.17 Å². The number of rotatable bonds is 4. The Morgan fingerprint density at radius 3 is 2.60 bits per heavy atom. The number of pyridine rings is 1. The fourth-order valence-corrected chi connectivity index (χ4v) is 6.16. The molecule has 2 fully saturated rings. The van der Waals surface area contributed by atoms with Crippen molar-refractivity contribution in [1.29, 1.82) is 0 Å². The van der Waals surface area contributed by atoms with Gasteiger partial charge in [0.1, 0.15) is 12.0 Å². The average molecular weight is 444 g/mol. The third-order valence-corrected chi connectivity index (χ3v) is 7.65. The van der Waals surface area contributed by atoms with Crippen LogP contribution in [-0.2, 0) is 0 Å². The molecule has 3 aromatic rings. The van der Waals surface area contributed by atoms with Crippen molar-refractivity contribution >= 4 is 39.5 Å². The molecule has 2 saturated heterocycles. The zero-order chi connectivity index (χ0) is 20.8. The number of hydrogen-bond donors (Lipinski definition) is 1. The van der Waals surface area contributed by atoms with Crippen molar-refractivity contribution in [2.45, 2.75) is 57.8 Å². The van der Waals surface area contributed by atoms with E-state index in [0.29, 0.717) is 24.2 Å². The lowest BCUT2D eigenvalue weighted by atomic mass is 10.00. The highest BCUT2D eigenvalue weighted by Gasteiger charge is 2.43. The summed E-state index contributed by atoms with van der Waals surface area (Å²) in [5.74, 6) is 0.594. The van der Waals surface area contributed by atoms with E-state index in [0.717, 1.165) is 39.2 Å². The van der Waals surface area contributed by atoms with Gasteiger partial charge in [-0.1, -0.05) is 0 Å². The van der Waals surface area contributed by atoms with E-state index in [4.69, 9.17) is 0 Å². The third kappa shape index (κ3) is 3.60. The molecule has 0 aromatic carbocycles. The van der Waals surface area contributed by atoms with Crippen LogP contribution in [0.2, 0.25) is 0 Å². The van der Waals surface area contributed by atoms with Crippen LogP contribution in [0.3, 0.4) is 0 Å². The summed E-state index contributed by atoms with van der Waals surface area (Å²) >= 11 is 3.14. The number of fused-ring (bicyclic) bond motifs is 2. The number of alkyl halides is 1. The highest BCUT2D eigenvalue weighted by Crippen LogP contribution is 2.38. The summed E-state index contributed by atoms with van der Waals surface area (Å²) in [4.78, 5) is 29.4. The number of halogens is 1. The Balaban J connectivity index is 1.28. The van der Waals surface area contributed by atoms with E-state index in [1.54, 1.807) is 29.7 Å². The predicted molar refractivity (Wildman–Crippen MR) is 117 cm³/mol. The molecule has 30 heavy (non-hydrogen) atoms. The van der Waals surface area contributed by atoms with Crippen molar-refractivity contribution in [2.75, 3.05) is 5.32 Å². The van der Waals surface area contributed by atoms with E-state index >= 15 is 0 Å². The Labute approximate surface area is 182 Å². The number of carbonyl (C=O) groups is 1. The van der Waals surface area contributed by atoms with Gasteiger partial charge in [0.2, 0.25) is 0 Å². The molecule has 9 heteroatoms. The lowest BCUT2D eigenvalue weighted by Crippen LogP contribution is -2.47. The SMILES string of the molecule is Cc1nc(C)c(-c2csc(Nc3ccc(C(=O)N4[C@@H]5CC[C@H]4CC(F)C5)cn3)n2)s1. The molecule has 5 rings (SSSR count). The Hall–Kier alpha value is -2.39. The summed E-state index contributed by atoms with van der Waals surface area (Å²) in [6, 6.07) is 3.62. The quantitative estimate of drug-likeness (QED) is 0.605. The molecule has 1 amide bonds. The molecule has 6 nitrogen and oxygen atoms in total. The fourth-order valence-electron chi connectivity index (χ4n) is 4.50.